The number of phenols is 1. The first-order valence-corrected chi connectivity index (χ1v) is 5.90. The van der Waals surface area contributed by atoms with Gasteiger partial charge in [-0.05, 0) is 37.1 Å². The zero-order valence-corrected chi connectivity index (χ0v) is 11.5. The van der Waals surface area contributed by atoms with Crippen molar-refractivity contribution in [1.82, 2.24) is 5.32 Å². The molecule has 0 amide bonds. The van der Waals surface area contributed by atoms with Gasteiger partial charge < -0.3 is 20.3 Å². The van der Waals surface area contributed by atoms with Crippen LogP contribution in [-0.4, -0.2) is 29.3 Å². The Morgan fingerprint density at radius 1 is 1.40 bits per heavy atom. The molecule has 6 nitrogen and oxygen atoms in total. The third-order valence-corrected chi connectivity index (χ3v) is 2.71. The van der Waals surface area contributed by atoms with Crippen molar-refractivity contribution in [3.63, 3.8) is 0 Å². The van der Waals surface area contributed by atoms with Gasteiger partial charge in [-0.25, -0.2) is 9.59 Å². The number of benzene rings is 1. The number of aryl methyl sites for hydroxylation is 1. The molecule has 0 spiro atoms. The second-order valence-corrected chi connectivity index (χ2v) is 4.31. The number of ether oxygens (including phenoxy) is 1. The van der Waals surface area contributed by atoms with Gasteiger partial charge in [0, 0.05) is 11.8 Å². The highest BCUT2D eigenvalue weighted by Gasteiger charge is 2.20. The molecule has 0 saturated carbocycles. The van der Waals surface area contributed by atoms with Crippen LogP contribution in [0.5, 0.6) is 5.75 Å². The average Bonchev–Trinajstić information content (AvgIpc) is 2.38. The Bertz CT molecular complexity index is 550. The summed E-state index contributed by atoms with van der Waals surface area (Å²) in [6, 6.07) is 3.50. The Hall–Kier alpha value is -2.50. The van der Waals surface area contributed by atoms with Gasteiger partial charge in [-0.1, -0.05) is 6.07 Å². The molecule has 1 unspecified atom stereocenters. The SMILES string of the molecule is COC(=O)C=C(C)NC(C(=O)O)c1ccc(O)c(C)c1. The number of carbonyl (C=O) groups is 2. The van der Waals surface area contributed by atoms with Gasteiger partial charge in [0.15, 0.2) is 0 Å². The quantitative estimate of drug-likeness (QED) is 0.558. The molecule has 0 aliphatic rings. The van der Waals surface area contributed by atoms with Crippen LogP contribution in [0, 0.1) is 6.92 Å². The van der Waals surface area contributed by atoms with Crippen molar-refractivity contribution in [2.75, 3.05) is 7.11 Å². The Morgan fingerprint density at radius 3 is 2.55 bits per heavy atom. The first-order chi connectivity index (χ1) is 9.35. The second-order valence-electron chi connectivity index (χ2n) is 4.31. The summed E-state index contributed by atoms with van der Waals surface area (Å²) in [4.78, 5) is 22.4. The Labute approximate surface area is 116 Å². The number of hydrogen-bond donors (Lipinski definition) is 3. The molecule has 3 N–H and O–H groups in total. The molecular formula is C14H17NO5. The zero-order valence-electron chi connectivity index (χ0n) is 11.5. The van der Waals surface area contributed by atoms with Crippen molar-refractivity contribution in [1.29, 1.82) is 0 Å². The van der Waals surface area contributed by atoms with E-state index in [0.29, 0.717) is 16.8 Å². The predicted molar refractivity (Wildman–Crippen MR) is 72.1 cm³/mol. The van der Waals surface area contributed by atoms with Gasteiger partial charge in [-0.2, -0.15) is 0 Å². The van der Waals surface area contributed by atoms with Crippen molar-refractivity contribution in [2.24, 2.45) is 0 Å². The van der Waals surface area contributed by atoms with Crippen LogP contribution in [0.2, 0.25) is 0 Å². The van der Waals surface area contributed by atoms with E-state index in [1.165, 1.54) is 25.3 Å². The van der Waals surface area contributed by atoms with Crippen molar-refractivity contribution < 1.29 is 24.5 Å². The number of esters is 1. The van der Waals surface area contributed by atoms with Crippen LogP contribution in [0.4, 0.5) is 0 Å². The Morgan fingerprint density at radius 2 is 2.05 bits per heavy atom. The Kier molecular flexibility index (Phi) is 5.14. The third kappa shape index (κ3) is 4.01. The predicted octanol–water partition coefficient (Wildman–Crippen LogP) is 1.49. The topological polar surface area (TPSA) is 95.9 Å². The highest BCUT2D eigenvalue weighted by molar-refractivity contribution is 5.83. The van der Waals surface area contributed by atoms with Gasteiger partial charge in [0.1, 0.15) is 11.8 Å². The number of rotatable bonds is 5. The monoisotopic (exact) mass is 279 g/mol. The summed E-state index contributed by atoms with van der Waals surface area (Å²) in [6.45, 7) is 3.25. The number of methoxy groups -OCH3 is 1. The van der Waals surface area contributed by atoms with E-state index < -0.39 is 18.0 Å². The van der Waals surface area contributed by atoms with Crippen molar-refractivity contribution in [2.45, 2.75) is 19.9 Å². The highest BCUT2D eigenvalue weighted by atomic mass is 16.5. The van der Waals surface area contributed by atoms with Crippen molar-refractivity contribution >= 4 is 11.9 Å². The molecule has 0 fully saturated rings. The lowest BCUT2D eigenvalue weighted by molar-refractivity contribution is -0.139. The van der Waals surface area contributed by atoms with Gasteiger partial charge in [-0.3, -0.25) is 0 Å². The molecule has 0 bridgehead atoms. The fourth-order valence-corrected chi connectivity index (χ4v) is 1.65. The normalized spacial score (nSPS) is 12.7. The van der Waals surface area contributed by atoms with E-state index in [4.69, 9.17) is 0 Å². The van der Waals surface area contributed by atoms with E-state index >= 15 is 0 Å². The van der Waals surface area contributed by atoms with Crippen molar-refractivity contribution in [3.05, 3.63) is 41.1 Å². The van der Waals surface area contributed by atoms with Gasteiger partial charge in [0.2, 0.25) is 0 Å². The molecule has 108 valence electrons. The number of carboxylic acid groups (broad SMARTS) is 1. The lowest BCUT2D eigenvalue weighted by Crippen LogP contribution is -2.27. The molecule has 1 aromatic carbocycles. The molecule has 0 aliphatic heterocycles. The zero-order chi connectivity index (χ0) is 15.3. The van der Waals surface area contributed by atoms with Crippen LogP contribution in [0.25, 0.3) is 0 Å². The summed E-state index contributed by atoms with van der Waals surface area (Å²) in [6.07, 6.45) is 1.17. The number of aromatic hydroxyl groups is 1. The molecule has 1 atom stereocenters. The first-order valence-electron chi connectivity index (χ1n) is 5.90. The molecule has 1 aromatic rings. The highest BCUT2D eigenvalue weighted by Crippen LogP contribution is 2.22. The first kappa shape index (κ1) is 15.6. The maximum Gasteiger partial charge on any atom is 0.332 e. The Balaban J connectivity index is 3.00. The van der Waals surface area contributed by atoms with Crippen LogP contribution in [0.3, 0.4) is 0 Å². The van der Waals surface area contributed by atoms with Crippen LogP contribution in [0.1, 0.15) is 24.1 Å². The van der Waals surface area contributed by atoms with Gasteiger partial charge in [0.05, 0.1) is 7.11 Å². The number of allylic oxidation sites excluding steroid dienone is 1. The van der Waals surface area contributed by atoms with E-state index in [2.05, 4.69) is 10.1 Å². The van der Waals surface area contributed by atoms with Gasteiger partial charge in [0.25, 0.3) is 0 Å². The summed E-state index contributed by atoms with van der Waals surface area (Å²) in [5, 5.41) is 21.4. The summed E-state index contributed by atoms with van der Waals surface area (Å²) in [7, 11) is 1.24. The molecule has 1 rings (SSSR count). The molecule has 0 heterocycles. The molecule has 20 heavy (non-hydrogen) atoms. The summed E-state index contributed by atoms with van der Waals surface area (Å²) in [5.74, 6) is -1.56. The van der Waals surface area contributed by atoms with E-state index in [9.17, 15) is 19.8 Å². The minimum absolute atomic E-state index is 0.0970. The maximum absolute atomic E-state index is 11.3. The lowest BCUT2D eigenvalue weighted by atomic mass is 10.0. The van der Waals surface area contributed by atoms with E-state index in [-0.39, 0.29) is 5.75 Å². The summed E-state index contributed by atoms with van der Waals surface area (Å²) >= 11 is 0. The number of nitrogens with one attached hydrogen (secondary N) is 1. The number of carbonyl (C=O) groups excluding carboxylic acids is 1. The van der Waals surface area contributed by atoms with E-state index in [0.717, 1.165) is 0 Å². The van der Waals surface area contributed by atoms with Crippen LogP contribution in [0.15, 0.2) is 30.0 Å². The third-order valence-electron chi connectivity index (χ3n) is 2.71. The largest absolute Gasteiger partial charge is 0.508 e. The molecular weight excluding hydrogens is 262 g/mol. The fourth-order valence-electron chi connectivity index (χ4n) is 1.65. The molecule has 0 aliphatic carbocycles. The number of aliphatic carboxylic acids is 1. The molecule has 0 radical (unpaired) electrons. The minimum Gasteiger partial charge on any atom is -0.508 e. The van der Waals surface area contributed by atoms with Gasteiger partial charge in [-0.15, -0.1) is 0 Å². The maximum atomic E-state index is 11.3. The molecule has 0 saturated heterocycles. The lowest BCUT2D eigenvalue weighted by Gasteiger charge is -2.17. The number of carboxylic acids is 1. The summed E-state index contributed by atoms with van der Waals surface area (Å²) in [5.41, 5.74) is 1.42. The van der Waals surface area contributed by atoms with E-state index in [1.807, 2.05) is 0 Å². The van der Waals surface area contributed by atoms with E-state index in [1.54, 1.807) is 19.9 Å². The van der Waals surface area contributed by atoms with Gasteiger partial charge >= 0.3 is 11.9 Å². The number of hydrogen-bond acceptors (Lipinski definition) is 5. The fraction of sp³-hybridized carbons (Fsp3) is 0.286. The smallest absolute Gasteiger partial charge is 0.332 e. The average molecular weight is 279 g/mol. The summed E-state index contributed by atoms with van der Waals surface area (Å²) < 4.78 is 4.47. The molecule has 6 heteroatoms. The standard InChI is InChI=1S/C14H17NO5/c1-8-6-10(4-5-11(8)16)13(14(18)19)15-9(2)7-12(17)20-3/h4-7,13,15-16H,1-3H3,(H,18,19). The second kappa shape index (κ2) is 6.60. The van der Waals surface area contributed by atoms with Crippen LogP contribution >= 0.6 is 0 Å². The molecule has 0 aromatic heterocycles. The van der Waals surface area contributed by atoms with Crippen LogP contribution in [-0.2, 0) is 14.3 Å². The minimum atomic E-state index is -1.09. The van der Waals surface area contributed by atoms with Crippen LogP contribution < -0.4 is 5.32 Å². The number of phenolic OH excluding ortho intramolecular Hbond substituents is 1. The van der Waals surface area contributed by atoms with Crippen molar-refractivity contribution in [3.8, 4) is 5.75 Å².